The Balaban J connectivity index is 1.43. The number of pyridine rings is 1. The van der Waals surface area contributed by atoms with E-state index in [-0.39, 0.29) is 6.04 Å². The molecule has 5 heteroatoms. The Hall–Kier alpha value is -3.54. The summed E-state index contributed by atoms with van der Waals surface area (Å²) in [6.45, 7) is 5.13. The van der Waals surface area contributed by atoms with Crippen LogP contribution in [0.1, 0.15) is 54.0 Å². The predicted molar refractivity (Wildman–Crippen MR) is 179 cm³/mol. The number of nitrogens with two attached hydrogens (primary N) is 1. The zero-order valence-electron chi connectivity index (χ0n) is 24.8. The van der Waals surface area contributed by atoms with E-state index in [1.165, 1.54) is 49.0 Å². The Morgan fingerprint density at radius 2 is 1.33 bits per heavy atom. The van der Waals surface area contributed by atoms with Crippen molar-refractivity contribution in [3.63, 3.8) is 0 Å². The van der Waals surface area contributed by atoms with Crippen molar-refractivity contribution < 1.29 is 0 Å². The van der Waals surface area contributed by atoms with Crippen LogP contribution in [0.25, 0.3) is 10.9 Å². The first-order valence-electron chi connectivity index (χ1n) is 15.6. The molecule has 1 unspecified atom stereocenters. The zero-order chi connectivity index (χ0) is 29.5. The number of fused-ring (bicyclic) bond motifs is 1. The lowest BCUT2D eigenvalue weighted by Crippen LogP contribution is -2.51. The van der Waals surface area contributed by atoms with Crippen molar-refractivity contribution in [2.75, 3.05) is 32.7 Å². The van der Waals surface area contributed by atoms with Gasteiger partial charge < -0.3 is 10.6 Å². The van der Waals surface area contributed by atoms with Gasteiger partial charge in [-0.2, -0.15) is 0 Å². The van der Waals surface area contributed by atoms with Gasteiger partial charge in [0.05, 0.1) is 11.1 Å². The molecule has 0 aliphatic carbocycles. The molecule has 1 fully saturated rings. The molecule has 4 nitrogen and oxygen atoms in total. The third kappa shape index (κ3) is 6.39. The summed E-state index contributed by atoms with van der Waals surface area (Å²) in [5.41, 5.74) is 12.4. The van der Waals surface area contributed by atoms with Crippen molar-refractivity contribution >= 4 is 22.5 Å². The van der Waals surface area contributed by atoms with Gasteiger partial charge in [0.1, 0.15) is 0 Å². The van der Waals surface area contributed by atoms with E-state index in [2.05, 4.69) is 118 Å². The molecule has 220 valence electrons. The minimum absolute atomic E-state index is 0.149. The maximum atomic E-state index is 7.05. The molecule has 5 aromatic rings. The van der Waals surface area contributed by atoms with Gasteiger partial charge in [0.25, 0.3) is 0 Å². The highest BCUT2D eigenvalue weighted by Gasteiger charge is 2.42. The van der Waals surface area contributed by atoms with Gasteiger partial charge in [-0.1, -0.05) is 115 Å². The minimum Gasteiger partial charge on any atom is -0.324 e. The highest BCUT2D eigenvalue weighted by molar-refractivity contribution is 6.31. The first kappa shape index (κ1) is 29.5. The van der Waals surface area contributed by atoms with Crippen molar-refractivity contribution in [1.29, 1.82) is 0 Å². The van der Waals surface area contributed by atoms with Gasteiger partial charge in [-0.15, -0.1) is 0 Å². The Morgan fingerprint density at radius 3 is 1.91 bits per heavy atom. The SMILES string of the molecule is NC(CCN(CCN1CCCCC1)C(c1ccccc1)(c1ccccc1)c1ccccc1)c1ccnc2cc(Cl)ccc12. The van der Waals surface area contributed by atoms with Gasteiger partial charge in [0.15, 0.2) is 0 Å². The van der Waals surface area contributed by atoms with E-state index in [9.17, 15) is 0 Å². The summed E-state index contributed by atoms with van der Waals surface area (Å²) in [5.74, 6) is 0. The first-order chi connectivity index (χ1) is 21.2. The van der Waals surface area contributed by atoms with Crippen molar-refractivity contribution in [3.05, 3.63) is 149 Å². The second kappa shape index (κ2) is 13.8. The summed E-state index contributed by atoms with van der Waals surface area (Å²) in [7, 11) is 0. The number of benzene rings is 4. The maximum Gasteiger partial charge on any atom is 0.0973 e. The molecule has 1 aliphatic heterocycles. The lowest BCUT2D eigenvalue weighted by atomic mass is 9.75. The average molecular weight is 589 g/mol. The molecule has 1 atom stereocenters. The molecule has 4 aromatic carbocycles. The molecule has 2 heterocycles. The molecule has 1 saturated heterocycles. The Morgan fingerprint density at radius 1 is 0.744 bits per heavy atom. The van der Waals surface area contributed by atoms with Crippen LogP contribution in [0.15, 0.2) is 121 Å². The second-order valence-electron chi connectivity index (χ2n) is 11.7. The molecule has 1 aromatic heterocycles. The van der Waals surface area contributed by atoms with Crippen LogP contribution in [0.5, 0.6) is 0 Å². The van der Waals surface area contributed by atoms with Crippen LogP contribution in [0.4, 0.5) is 0 Å². The van der Waals surface area contributed by atoms with Gasteiger partial charge >= 0.3 is 0 Å². The Bertz CT molecular complexity index is 1490. The monoisotopic (exact) mass is 588 g/mol. The van der Waals surface area contributed by atoms with Crippen LogP contribution in [0, 0.1) is 0 Å². The molecule has 0 bridgehead atoms. The largest absolute Gasteiger partial charge is 0.324 e. The summed E-state index contributed by atoms with van der Waals surface area (Å²) in [6, 6.07) is 40.9. The lowest BCUT2D eigenvalue weighted by Gasteiger charge is -2.47. The quantitative estimate of drug-likeness (QED) is 0.159. The van der Waals surface area contributed by atoms with E-state index in [0.717, 1.165) is 42.5 Å². The molecule has 0 spiro atoms. The Labute approximate surface area is 261 Å². The lowest BCUT2D eigenvalue weighted by molar-refractivity contribution is 0.118. The smallest absolute Gasteiger partial charge is 0.0973 e. The van der Waals surface area contributed by atoms with E-state index < -0.39 is 5.54 Å². The molecule has 6 rings (SSSR count). The highest BCUT2D eigenvalue weighted by Crippen LogP contribution is 2.43. The number of likely N-dealkylation sites (tertiary alicyclic amines) is 1. The fourth-order valence-electron chi connectivity index (χ4n) is 6.90. The topological polar surface area (TPSA) is 45.4 Å². The van der Waals surface area contributed by atoms with E-state index in [0.29, 0.717) is 5.02 Å². The van der Waals surface area contributed by atoms with Gasteiger partial charge in [-0.05, 0) is 72.8 Å². The number of piperidine rings is 1. The minimum atomic E-state index is -0.479. The number of rotatable bonds is 11. The first-order valence-corrected chi connectivity index (χ1v) is 16.0. The van der Waals surface area contributed by atoms with Gasteiger partial charge in [-0.3, -0.25) is 9.88 Å². The van der Waals surface area contributed by atoms with Crippen molar-refractivity contribution in [2.24, 2.45) is 5.73 Å². The normalized spacial score (nSPS) is 15.1. The van der Waals surface area contributed by atoms with Crippen molar-refractivity contribution in [2.45, 2.75) is 37.3 Å². The zero-order valence-corrected chi connectivity index (χ0v) is 25.5. The highest BCUT2D eigenvalue weighted by atomic mass is 35.5. The number of nitrogens with zero attached hydrogens (tertiary/aromatic N) is 3. The summed E-state index contributed by atoms with van der Waals surface area (Å²) in [6.07, 6.45) is 6.55. The third-order valence-electron chi connectivity index (χ3n) is 9.03. The van der Waals surface area contributed by atoms with Crippen LogP contribution in [0.2, 0.25) is 5.02 Å². The number of halogens is 1. The molecule has 0 saturated carbocycles. The molecule has 2 N–H and O–H groups in total. The van der Waals surface area contributed by atoms with Gasteiger partial charge in [0.2, 0.25) is 0 Å². The van der Waals surface area contributed by atoms with E-state index in [1.54, 1.807) is 0 Å². The van der Waals surface area contributed by atoms with Crippen molar-refractivity contribution in [3.8, 4) is 0 Å². The van der Waals surface area contributed by atoms with E-state index in [4.69, 9.17) is 17.3 Å². The van der Waals surface area contributed by atoms with Gasteiger partial charge in [0, 0.05) is 42.3 Å². The van der Waals surface area contributed by atoms with E-state index >= 15 is 0 Å². The summed E-state index contributed by atoms with van der Waals surface area (Å²) >= 11 is 6.30. The summed E-state index contributed by atoms with van der Waals surface area (Å²) < 4.78 is 0. The molecule has 0 amide bonds. The number of hydrogen-bond donors (Lipinski definition) is 1. The Kier molecular flexibility index (Phi) is 9.50. The standard InChI is InChI=1S/C38H41ClN4/c39-33-19-20-35-34(21-23-41-37(35)29-33)36(40)22-26-43(28-27-42-24-11-4-12-25-42)38(30-13-5-1-6-14-30,31-15-7-2-8-16-31)32-17-9-3-10-18-32/h1-3,5-10,13-21,23,29,36H,4,11-12,22,24-28,40H2. The van der Waals surface area contributed by atoms with Crippen LogP contribution in [-0.2, 0) is 5.54 Å². The third-order valence-corrected chi connectivity index (χ3v) is 9.27. The fourth-order valence-corrected chi connectivity index (χ4v) is 7.06. The number of hydrogen-bond acceptors (Lipinski definition) is 4. The fraction of sp³-hybridized carbons (Fsp3) is 0.289. The van der Waals surface area contributed by atoms with Crippen molar-refractivity contribution in [1.82, 2.24) is 14.8 Å². The van der Waals surface area contributed by atoms with Gasteiger partial charge in [-0.25, -0.2) is 0 Å². The van der Waals surface area contributed by atoms with Crippen LogP contribution in [0.3, 0.4) is 0 Å². The summed E-state index contributed by atoms with van der Waals surface area (Å²) in [5, 5.41) is 1.76. The van der Waals surface area contributed by atoms with Crippen LogP contribution in [-0.4, -0.2) is 47.5 Å². The maximum absolute atomic E-state index is 7.05. The number of aromatic nitrogens is 1. The molecular weight excluding hydrogens is 548 g/mol. The predicted octanol–water partition coefficient (Wildman–Crippen LogP) is 8.06. The summed E-state index contributed by atoms with van der Waals surface area (Å²) in [4.78, 5) is 9.90. The molecule has 0 radical (unpaired) electrons. The van der Waals surface area contributed by atoms with Crippen LogP contribution >= 0.6 is 11.6 Å². The van der Waals surface area contributed by atoms with E-state index in [1.807, 2.05) is 18.3 Å². The second-order valence-corrected chi connectivity index (χ2v) is 12.1. The average Bonchev–Trinajstić information content (AvgIpc) is 3.07. The molecule has 1 aliphatic rings. The van der Waals surface area contributed by atoms with Crippen LogP contribution < -0.4 is 5.73 Å². The molecular formula is C38H41ClN4. The molecule has 43 heavy (non-hydrogen) atoms.